The maximum atomic E-state index is 11.7. The standard InChI is InChI=1S/C15H17ClN2OS/c1-2-13(19)15-12(17)9-14(20-15)18-8-7-10-3-5-11(16)6-4-10/h3-6,9,18H,2,7-8,17H2,1H3. The summed E-state index contributed by atoms with van der Waals surface area (Å²) in [5.41, 5.74) is 7.64. The van der Waals surface area contributed by atoms with Crippen molar-refractivity contribution in [1.82, 2.24) is 0 Å². The largest absolute Gasteiger partial charge is 0.397 e. The molecule has 0 spiro atoms. The van der Waals surface area contributed by atoms with Crippen LogP contribution in [0.3, 0.4) is 0 Å². The van der Waals surface area contributed by atoms with Crippen LogP contribution in [-0.4, -0.2) is 12.3 Å². The number of nitrogens with one attached hydrogen (secondary N) is 1. The molecule has 0 aliphatic carbocycles. The highest BCUT2D eigenvalue weighted by molar-refractivity contribution is 7.18. The van der Waals surface area contributed by atoms with Gasteiger partial charge in [-0.2, -0.15) is 0 Å². The first-order valence-electron chi connectivity index (χ1n) is 6.51. The van der Waals surface area contributed by atoms with Crippen LogP contribution in [0.15, 0.2) is 30.3 Å². The molecule has 0 aliphatic rings. The molecule has 2 rings (SSSR count). The molecule has 1 aromatic carbocycles. The highest BCUT2D eigenvalue weighted by Gasteiger charge is 2.12. The number of nitrogen functional groups attached to an aromatic ring is 1. The van der Waals surface area contributed by atoms with Gasteiger partial charge in [0.1, 0.15) is 0 Å². The Morgan fingerprint density at radius 1 is 1.35 bits per heavy atom. The third kappa shape index (κ3) is 3.74. The number of anilines is 2. The fourth-order valence-electron chi connectivity index (χ4n) is 1.85. The Morgan fingerprint density at radius 3 is 2.70 bits per heavy atom. The Hall–Kier alpha value is -1.52. The third-order valence-corrected chi connectivity index (χ3v) is 4.36. The predicted octanol–water partition coefficient (Wildman–Crippen LogP) is 4.23. The van der Waals surface area contributed by atoms with E-state index in [2.05, 4.69) is 5.32 Å². The Morgan fingerprint density at radius 2 is 2.05 bits per heavy atom. The number of hydrogen-bond donors (Lipinski definition) is 2. The number of benzene rings is 1. The van der Waals surface area contributed by atoms with Crippen molar-refractivity contribution >= 4 is 39.4 Å². The average molecular weight is 309 g/mol. The van der Waals surface area contributed by atoms with Gasteiger partial charge in [-0.15, -0.1) is 11.3 Å². The van der Waals surface area contributed by atoms with Crippen LogP contribution < -0.4 is 11.1 Å². The monoisotopic (exact) mass is 308 g/mol. The molecule has 3 nitrogen and oxygen atoms in total. The lowest BCUT2D eigenvalue weighted by Gasteiger charge is -2.03. The average Bonchev–Trinajstić information content (AvgIpc) is 2.81. The van der Waals surface area contributed by atoms with Gasteiger partial charge in [0.05, 0.1) is 15.6 Å². The van der Waals surface area contributed by atoms with Gasteiger partial charge in [0.25, 0.3) is 0 Å². The van der Waals surface area contributed by atoms with E-state index in [9.17, 15) is 4.79 Å². The van der Waals surface area contributed by atoms with Crippen molar-refractivity contribution in [2.24, 2.45) is 0 Å². The second kappa shape index (κ2) is 6.77. The highest BCUT2D eigenvalue weighted by atomic mass is 35.5. The van der Waals surface area contributed by atoms with Crippen LogP contribution in [-0.2, 0) is 6.42 Å². The van der Waals surface area contributed by atoms with Gasteiger partial charge in [-0.05, 0) is 30.2 Å². The topological polar surface area (TPSA) is 55.1 Å². The first kappa shape index (κ1) is 14.9. The van der Waals surface area contributed by atoms with Crippen molar-refractivity contribution in [1.29, 1.82) is 0 Å². The van der Waals surface area contributed by atoms with E-state index < -0.39 is 0 Å². The van der Waals surface area contributed by atoms with Crippen LogP contribution in [0.5, 0.6) is 0 Å². The van der Waals surface area contributed by atoms with Gasteiger partial charge in [-0.3, -0.25) is 4.79 Å². The molecule has 0 unspecified atom stereocenters. The summed E-state index contributed by atoms with van der Waals surface area (Å²) >= 11 is 7.27. The number of nitrogens with two attached hydrogens (primary N) is 1. The molecule has 1 heterocycles. The van der Waals surface area contributed by atoms with E-state index in [1.165, 1.54) is 16.9 Å². The van der Waals surface area contributed by atoms with Gasteiger partial charge in [0.2, 0.25) is 0 Å². The molecule has 0 aliphatic heterocycles. The van der Waals surface area contributed by atoms with Crippen LogP contribution in [0, 0.1) is 0 Å². The lowest BCUT2D eigenvalue weighted by Crippen LogP contribution is -2.03. The van der Waals surface area contributed by atoms with Gasteiger partial charge in [0.15, 0.2) is 5.78 Å². The molecule has 0 atom stereocenters. The third-order valence-electron chi connectivity index (χ3n) is 2.96. The SMILES string of the molecule is CCC(=O)c1sc(NCCc2ccc(Cl)cc2)cc1N. The summed E-state index contributed by atoms with van der Waals surface area (Å²) in [5.74, 6) is 0.0956. The molecule has 2 aromatic rings. The lowest BCUT2D eigenvalue weighted by molar-refractivity contribution is 0.0993. The molecule has 5 heteroatoms. The van der Waals surface area contributed by atoms with Crippen molar-refractivity contribution in [2.75, 3.05) is 17.6 Å². The smallest absolute Gasteiger partial charge is 0.174 e. The second-order valence-electron chi connectivity index (χ2n) is 4.48. The van der Waals surface area contributed by atoms with E-state index in [0.717, 1.165) is 23.0 Å². The quantitative estimate of drug-likeness (QED) is 0.785. The van der Waals surface area contributed by atoms with E-state index in [-0.39, 0.29) is 5.78 Å². The van der Waals surface area contributed by atoms with Crippen molar-refractivity contribution in [3.8, 4) is 0 Å². The Kier molecular flexibility index (Phi) is 5.04. The zero-order chi connectivity index (χ0) is 14.5. The Labute approximate surface area is 127 Å². The van der Waals surface area contributed by atoms with Crippen molar-refractivity contribution in [2.45, 2.75) is 19.8 Å². The summed E-state index contributed by atoms with van der Waals surface area (Å²) in [6.07, 6.45) is 1.38. The fourth-order valence-corrected chi connectivity index (χ4v) is 2.99. The van der Waals surface area contributed by atoms with E-state index in [4.69, 9.17) is 17.3 Å². The minimum absolute atomic E-state index is 0.0956. The number of hydrogen-bond acceptors (Lipinski definition) is 4. The number of ketones is 1. The lowest BCUT2D eigenvalue weighted by atomic mass is 10.1. The number of carbonyl (C=O) groups is 1. The highest BCUT2D eigenvalue weighted by Crippen LogP contribution is 2.30. The van der Waals surface area contributed by atoms with Gasteiger partial charge >= 0.3 is 0 Å². The Bertz CT molecular complexity index is 592. The summed E-state index contributed by atoms with van der Waals surface area (Å²) in [4.78, 5) is 12.3. The van der Waals surface area contributed by atoms with E-state index in [0.29, 0.717) is 17.0 Å². The summed E-state index contributed by atoms with van der Waals surface area (Å²) < 4.78 is 0. The first-order valence-corrected chi connectivity index (χ1v) is 7.70. The van der Waals surface area contributed by atoms with E-state index in [1.807, 2.05) is 37.3 Å². The van der Waals surface area contributed by atoms with E-state index >= 15 is 0 Å². The molecular weight excluding hydrogens is 292 g/mol. The zero-order valence-electron chi connectivity index (χ0n) is 11.3. The zero-order valence-corrected chi connectivity index (χ0v) is 12.9. The molecule has 0 saturated heterocycles. The number of thiophene rings is 1. The fraction of sp³-hybridized carbons (Fsp3) is 0.267. The summed E-state index contributed by atoms with van der Waals surface area (Å²) in [6, 6.07) is 9.63. The van der Waals surface area contributed by atoms with Crippen LogP contribution >= 0.6 is 22.9 Å². The molecule has 1 aromatic heterocycles. The minimum atomic E-state index is 0.0956. The summed E-state index contributed by atoms with van der Waals surface area (Å²) in [5, 5.41) is 4.99. The molecule has 0 fully saturated rings. The minimum Gasteiger partial charge on any atom is -0.397 e. The number of halogens is 1. The molecule has 0 bridgehead atoms. The first-order chi connectivity index (χ1) is 9.60. The number of rotatable bonds is 6. The Balaban J connectivity index is 1.91. The van der Waals surface area contributed by atoms with Crippen LogP contribution in [0.4, 0.5) is 10.7 Å². The summed E-state index contributed by atoms with van der Waals surface area (Å²) in [6.45, 7) is 2.64. The predicted molar refractivity (Wildman–Crippen MR) is 87.0 cm³/mol. The molecule has 0 amide bonds. The van der Waals surface area contributed by atoms with Crippen LogP contribution in [0.2, 0.25) is 5.02 Å². The maximum absolute atomic E-state index is 11.7. The number of Topliss-reactive ketones (excluding diaryl/α,β-unsaturated/α-hetero) is 1. The molecule has 3 N–H and O–H groups in total. The van der Waals surface area contributed by atoms with Crippen LogP contribution in [0.25, 0.3) is 0 Å². The molecule has 0 saturated carbocycles. The molecular formula is C15H17ClN2OS. The second-order valence-corrected chi connectivity index (χ2v) is 5.96. The maximum Gasteiger partial charge on any atom is 0.174 e. The number of carbonyl (C=O) groups excluding carboxylic acids is 1. The summed E-state index contributed by atoms with van der Waals surface area (Å²) in [7, 11) is 0. The molecule has 106 valence electrons. The van der Waals surface area contributed by atoms with Crippen LogP contribution in [0.1, 0.15) is 28.6 Å². The van der Waals surface area contributed by atoms with Gasteiger partial charge < -0.3 is 11.1 Å². The van der Waals surface area contributed by atoms with Gasteiger partial charge in [-0.25, -0.2) is 0 Å². The van der Waals surface area contributed by atoms with Crippen molar-refractivity contribution in [3.05, 3.63) is 45.8 Å². The molecule has 0 radical (unpaired) electrons. The van der Waals surface area contributed by atoms with Gasteiger partial charge in [0, 0.05) is 18.0 Å². The van der Waals surface area contributed by atoms with Gasteiger partial charge in [-0.1, -0.05) is 30.7 Å². The van der Waals surface area contributed by atoms with Crippen molar-refractivity contribution in [3.63, 3.8) is 0 Å². The van der Waals surface area contributed by atoms with Crippen molar-refractivity contribution < 1.29 is 4.79 Å². The molecule has 20 heavy (non-hydrogen) atoms. The van der Waals surface area contributed by atoms with E-state index in [1.54, 1.807) is 0 Å². The normalized spacial score (nSPS) is 10.5.